The molecule has 2 heterocycles. The highest BCUT2D eigenvalue weighted by Crippen LogP contribution is 2.26. The molecular formula is C18H16N4OS. The molecule has 0 fully saturated rings. The van der Waals surface area contributed by atoms with Crippen molar-refractivity contribution in [1.29, 1.82) is 0 Å². The van der Waals surface area contributed by atoms with Crippen LogP contribution in [-0.4, -0.2) is 19.7 Å². The molecule has 0 spiro atoms. The third-order valence-corrected chi connectivity index (χ3v) is 4.84. The van der Waals surface area contributed by atoms with Crippen molar-refractivity contribution in [2.75, 3.05) is 0 Å². The number of aromatic nitrogens is 4. The van der Waals surface area contributed by atoms with Gasteiger partial charge in [-0.2, -0.15) is 4.98 Å². The first-order valence-corrected chi connectivity index (χ1v) is 8.63. The molecule has 120 valence electrons. The molecule has 0 aliphatic heterocycles. The van der Waals surface area contributed by atoms with Gasteiger partial charge in [0.15, 0.2) is 11.0 Å². The van der Waals surface area contributed by atoms with Gasteiger partial charge in [0.1, 0.15) is 0 Å². The maximum Gasteiger partial charge on any atom is 0.257 e. The van der Waals surface area contributed by atoms with Crippen molar-refractivity contribution in [2.45, 2.75) is 17.8 Å². The van der Waals surface area contributed by atoms with Crippen LogP contribution in [0.15, 0.2) is 58.2 Å². The Kier molecular flexibility index (Phi) is 3.82. The Morgan fingerprint density at radius 3 is 2.79 bits per heavy atom. The van der Waals surface area contributed by atoms with Crippen molar-refractivity contribution < 1.29 is 4.52 Å². The molecule has 0 bridgehead atoms. The summed E-state index contributed by atoms with van der Waals surface area (Å²) >= 11 is 1.60. The van der Waals surface area contributed by atoms with Crippen LogP contribution < -0.4 is 0 Å². The van der Waals surface area contributed by atoms with Gasteiger partial charge in [-0.3, -0.25) is 0 Å². The molecule has 0 unspecified atom stereocenters. The number of thioether (sulfide) groups is 1. The van der Waals surface area contributed by atoms with E-state index in [2.05, 4.69) is 25.8 Å². The van der Waals surface area contributed by atoms with E-state index >= 15 is 0 Å². The number of fused-ring (bicyclic) bond motifs is 1. The fourth-order valence-electron chi connectivity index (χ4n) is 2.59. The summed E-state index contributed by atoms with van der Waals surface area (Å²) in [4.78, 5) is 9.13. The predicted octanol–water partition coefficient (Wildman–Crippen LogP) is 4.22. The molecular weight excluding hydrogens is 320 g/mol. The summed E-state index contributed by atoms with van der Waals surface area (Å²) in [7, 11) is 2.02. The molecule has 0 radical (unpaired) electrons. The van der Waals surface area contributed by atoms with Crippen LogP contribution in [0.5, 0.6) is 0 Å². The SMILES string of the molecule is Cc1cccc(-c2nc(CSc3nc4ccccc4n3C)no2)c1. The summed E-state index contributed by atoms with van der Waals surface area (Å²) in [5, 5.41) is 5.02. The fraction of sp³-hybridized carbons (Fsp3) is 0.167. The molecule has 0 N–H and O–H groups in total. The lowest BCUT2D eigenvalue weighted by Gasteiger charge is -1.99. The highest BCUT2D eigenvalue weighted by molar-refractivity contribution is 7.98. The third kappa shape index (κ3) is 2.80. The number of hydrogen-bond acceptors (Lipinski definition) is 5. The number of nitrogens with zero attached hydrogens (tertiary/aromatic N) is 4. The van der Waals surface area contributed by atoms with E-state index in [0.29, 0.717) is 17.5 Å². The summed E-state index contributed by atoms with van der Waals surface area (Å²) in [6.45, 7) is 2.04. The number of aryl methyl sites for hydroxylation is 2. The Bertz CT molecular complexity index is 1010. The summed E-state index contributed by atoms with van der Waals surface area (Å²) in [5.41, 5.74) is 4.23. The van der Waals surface area contributed by atoms with E-state index in [1.165, 1.54) is 5.56 Å². The summed E-state index contributed by atoms with van der Waals surface area (Å²) in [6.07, 6.45) is 0. The quantitative estimate of drug-likeness (QED) is 0.522. The molecule has 0 atom stereocenters. The molecule has 2 aromatic carbocycles. The standard InChI is InChI=1S/C18H16N4OS/c1-12-6-5-7-13(10-12)17-20-16(21-23-17)11-24-18-19-14-8-3-4-9-15(14)22(18)2/h3-10H,11H2,1-2H3. The first-order valence-electron chi connectivity index (χ1n) is 7.64. The number of hydrogen-bond donors (Lipinski definition) is 0. The van der Waals surface area contributed by atoms with Gasteiger partial charge >= 0.3 is 0 Å². The van der Waals surface area contributed by atoms with E-state index in [1.54, 1.807) is 11.8 Å². The normalized spacial score (nSPS) is 11.2. The van der Waals surface area contributed by atoms with Crippen molar-refractivity contribution in [2.24, 2.45) is 7.05 Å². The Balaban J connectivity index is 1.53. The lowest BCUT2D eigenvalue weighted by Crippen LogP contribution is -1.92. The van der Waals surface area contributed by atoms with Gasteiger partial charge < -0.3 is 9.09 Å². The van der Waals surface area contributed by atoms with E-state index in [1.807, 2.05) is 56.4 Å². The van der Waals surface area contributed by atoms with Crippen LogP contribution in [-0.2, 0) is 12.8 Å². The molecule has 4 aromatic rings. The van der Waals surface area contributed by atoms with Crippen molar-refractivity contribution in [3.63, 3.8) is 0 Å². The minimum Gasteiger partial charge on any atom is -0.334 e. The second-order valence-corrected chi connectivity index (χ2v) is 6.56. The van der Waals surface area contributed by atoms with E-state index < -0.39 is 0 Å². The van der Waals surface area contributed by atoms with Crippen LogP contribution >= 0.6 is 11.8 Å². The molecule has 6 heteroatoms. The number of rotatable bonds is 4. The second kappa shape index (κ2) is 6.13. The molecule has 0 saturated carbocycles. The van der Waals surface area contributed by atoms with Gasteiger partial charge in [-0.05, 0) is 31.2 Å². The first kappa shape index (κ1) is 15.0. The van der Waals surface area contributed by atoms with Gasteiger partial charge in [0.2, 0.25) is 0 Å². The van der Waals surface area contributed by atoms with E-state index in [9.17, 15) is 0 Å². The first-order chi connectivity index (χ1) is 11.7. The number of para-hydroxylation sites is 2. The average molecular weight is 336 g/mol. The molecule has 0 amide bonds. The van der Waals surface area contributed by atoms with Crippen LogP contribution in [0.1, 0.15) is 11.4 Å². The van der Waals surface area contributed by atoms with Gasteiger partial charge in [0, 0.05) is 12.6 Å². The van der Waals surface area contributed by atoms with Crippen LogP contribution in [0.2, 0.25) is 0 Å². The fourth-order valence-corrected chi connectivity index (χ4v) is 3.42. The van der Waals surface area contributed by atoms with Crippen LogP contribution in [0.25, 0.3) is 22.5 Å². The van der Waals surface area contributed by atoms with Crippen molar-refractivity contribution in [3.8, 4) is 11.5 Å². The van der Waals surface area contributed by atoms with E-state index in [-0.39, 0.29) is 0 Å². The molecule has 5 nitrogen and oxygen atoms in total. The lowest BCUT2D eigenvalue weighted by atomic mass is 10.1. The molecule has 24 heavy (non-hydrogen) atoms. The Hall–Kier alpha value is -2.60. The summed E-state index contributed by atoms with van der Waals surface area (Å²) in [5.74, 6) is 1.84. The lowest BCUT2D eigenvalue weighted by molar-refractivity contribution is 0.425. The zero-order valence-corrected chi connectivity index (χ0v) is 14.2. The third-order valence-electron chi connectivity index (χ3n) is 3.81. The molecule has 0 saturated heterocycles. The highest BCUT2D eigenvalue weighted by Gasteiger charge is 2.12. The Morgan fingerprint density at radius 2 is 1.96 bits per heavy atom. The van der Waals surface area contributed by atoms with Crippen LogP contribution in [0.3, 0.4) is 0 Å². The molecule has 2 aromatic heterocycles. The van der Waals surface area contributed by atoms with E-state index in [0.717, 1.165) is 21.8 Å². The van der Waals surface area contributed by atoms with Gasteiger partial charge in [-0.25, -0.2) is 4.98 Å². The van der Waals surface area contributed by atoms with Crippen LogP contribution in [0.4, 0.5) is 0 Å². The number of benzene rings is 2. The predicted molar refractivity (Wildman–Crippen MR) is 94.7 cm³/mol. The number of imidazole rings is 1. The maximum absolute atomic E-state index is 5.38. The average Bonchev–Trinajstić information content (AvgIpc) is 3.19. The van der Waals surface area contributed by atoms with E-state index in [4.69, 9.17) is 4.52 Å². The van der Waals surface area contributed by atoms with Crippen molar-refractivity contribution in [3.05, 3.63) is 59.9 Å². The Morgan fingerprint density at radius 1 is 1.08 bits per heavy atom. The Labute approximate surface area is 143 Å². The molecule has 0 aliphatic carbocycles. The van der Waals surface area contributed by atoms with Crippen molar-refractivity contribution in [1.82, 2.24) is 19.7 Å². The topological polar surface area (TPSA) is 56.7 Å². The van der Waals surface area contributed by atoms with Gasteiger partial charge in [-0.1, -0.05) is 46.7 Å². The minimum atomic E-state index is 0.555. The molecule has 0 aliphatic rings. The summed E-state index contributed by atoms with van der Waals surface area (Å²) < 4.78 is 7.47. The molecule has 4 rings (SSSR count). The van der Waals surface area contributed by atoms with Gasteiger partial charge in [0.25, 0.3) is 5.89 Å². The summed E-state index contributed by atoms with van der Waals surface area (Å²) in [6, 6.07) is 16.1. The minimum absolute atomic E-state index is 0.555. The zero-order chi connectivity index (χ0) is 16.5. The van der Waals surface area contributed by atoms with Gasteiger partial charge in [-0.15, -0.1) is 0 Å². The van der Waals surface area contributed by atoms with Crippen molar-refractivity contribution >= 4 is 22.8 Å². The smallest absolute Gasteiger partial charge is 0.257 e. The largest absolute Gasteiger partial charge is 0.334 e. The monoisotopic (exact) mass is 336 g/mol. The zero-order valence-electron chi connectivity index (χ0n) is 13.4. The second-order valence-electron chi connectivity index (χ2n) is 5.62. The van der Waals surface area contributed by atoms with Gasteiger partial charge in [0.05, 0.1) is 16.8 Å². The highest BCUT2D eigenvalue weighted by atomic mass is 32.2. The maximum atomic E-state index is 5.38. The van der Waals surface area contributed by atoms with Crippen LogP contribution in [0, 0.1) is 6.92 Å².